The minimum absolute atomic E-state index is 0.307. The van der Waals surface area contributed by atoms with Crippen LogP contribution >= 0.6 is 68.0 Å². The van der Waals surface area contributed by atoms with Crippen molar-refractivity contribution in [1.82, 2.24) is 0 Å². The predicted molar refractivity (Wildman–Crippen MR) is 260 cm³/mol. The van der Waals surface area contributed by atoms with E-state index in [0.717, 1.165) is 83.5 Å². The van der Waals surface area contributed by atoms with Crippen LogP contribution in [0.2, 0.25) is 0 Å². The molecule has 0 fully saturated rings. The second kappa shape index (κ2) is 21.0. The maximum absolute atomic E-state index is 13.2. The highest BCUT2D eigenvalue weighted by atomic mass is 32.1. The smallest absolute Gasteiger partial charge is 0.339 e. The molecule has 0 saturated heterocycles. The zero-order chi connectivity index (χ0) is 42.2. The molecule has 318 valence electrons. The Hall–Kier alpha value is -3.52. The average Bonchev–Trinajstić information content (AvgIpc) is 4.10. The Morgan fingerprint density at radius 1 is 0.583 bits per heavy atom. The first-order chi connectivity index (χ1) is 29.3. The molecular weight excluding hydrogens is 865 g/mol. The summed E-state index contributed by atoms with van der Waals surface area (Å²) < 4.78 is 26.3. The number of ether oxygens (including phenoxy) is 4. The molecule has 7 aromatic rings. The fourth-order valence-corrected chi connectivity index (χ4v) is 13.9. The molecule has 1 aromatic carbocycles. The Morgan fingerprint density at radius 3 is 1.58 bits per heavy atom. The van der Waals surface area contributed by atoms with Gasteiger partial charge in [0.2, 0.25) is 0 Å². The number of unbranched alkanes of at least 4 members (excludes halogenated alkanes) is 3. The van der Waals surface area contributed by atoms with E-state index in [1.807, 2.05) is 36.7 Å². The lowest BCUT2D eigenvalue weighted by atomic mass is 9.99. The third kappa shape index (κ3) is 9.90. The van der Waals surface area contributed by atoms with Crippen LogP contribution in [0.5, 0.6) is 10.1 Å². The molecule has 6 nitrogen and oxygen atoms in total. The molecule has 60 heavy (non-hydrogen) atoms. The van der Waals surface area contributed by atoms with Gasteiger partial charge in [-0.1, -0.05) is 88.9 Å². The lowest BCUT2D eigenvalue weighted by Gasteiger charge is -2.14. The van der Waals surface area contributed by atoms with E-state index in [4.69, 9.17) is 18.9 Å². The topological polar surface area (TPSA) is 71.1 Å². The van der Waals surface area contributed by atoms with Gasteiger partial charge in [0.05, 0.1) is 47.3 Å². The van der Waals surface area contributed by atoms with Gasteiger partial charge >= 0.3 is 11.9 Å². The van der Waals surface area contributed by atoms with Crippen molar-refractivity contribution >= 4 is 100 Å². The highest BCUT2D eigenvalue weighted by molar-refractivity contribution is 7.29. The molecule has 0 aliphatic heterocycles. The summed E-state index contributed by atoms with van der Waals surface area (Å²) in [7, 11) is 0. The maximum atomic E-state index is 13.2. The van der Waals surface area contributed by atoms with Crippen LogP contribution < -0.4 is 9.47 Å². The van der Waals surface area contributed by atoms with Gasteiger partial charge in [0.25, 0.3) is 0 Å². The monoisotopic (exact) mass is 918 g/mol. The standard InChI is InChI=1S/C48H54O6S6/c1-7-12-14-15-29(6)27-53-39-19-17-35(57-39)41-33-25-37(43-31(21-23-55-43)47(49)51-10-4)60-46(33)42(36-18-20-40(58-36)54-28-30(9-3)16-13-8-2)34-26-38(59-45(34)41)44-32(22-24-56-44)48(50)52-11-5/h17-26,29-30H,7-16,27-28H2,1-6H3. The molecule has 0 amide bonds. The number of rotatable bonds is 22. The Labute approximate surface area is 378 Å². The number of thiophene rings is 6. The van der Waals surface area contributed by atoms with Gasteiger partial charge in [-0.15, -0.1) is 45.3 Å². The van der Waals surface area contributed by atoms with E-state index in [0.29, 0.717) is 49.4 Å². The van der Waals surface area contributed by atoms with Crippen molar-refractivity contribution in [3.05, 3.63) is 70.4 Å². The van der Waals surface area contributed by atoms with Crippen molar-refractivity contribution in [3.8, 4) is 50.5 Å². The van der Waals surface area contributed by atoms with E-state index in [1.54, 1.807) is 68.0 Å². The first-order valence-electron chi connectivity index (χ1n) is 21.3. The molecule has 0 aliphatic rings. The minimum atomic E-state index is -0.307. The number of benzene rings is 1. The zero-order valence-corrected chi connectivity index (χ0v) is 40.2. The first-order valence-corrected chi connectivity index (χ1v) is 26.3. The van der Waals surface area contributed by atoms with Crippen LogP contribution in [0.25, 0.3) is 60.6 Å². The van der Waals surface area contributed by atoms with Crippen molar-refractivity contribution in [2.24, 2.45) is 11.8 Å². The van der Waals surface area contributed by atoms with Gasteiger partial charge in [-0.05, 0) is 97.8 Å². The molecule has 2 unspecified atom stereocenters. The molecule has 2 atom stereocenters. The zero-order valence-electron chi connectivity index (χ0n) is 35.3. The summed E-state index contributed by atoms with van der Waals surface area (Å²) in [6, 6.07) is 16.9. The van der Waals surface area contributed by atoms with E-state index >= 15 is 0 Å². The van der Waals surface area contributed by atoms with Crippen molar-refractivity contribution < 1.29 is 28.5 Å². The van der Waals surface area contributed by atoms with Crippen LogP contribution in [0.15, 0.2) is 59.3 Å². The first kappa shape index (κ1) is 44.5. The molecule has 6 heterocycles. The summed E-state index contributed by atoms with van der Waals surface area (Å²) in [6.45, 7) is 14.7. The predicted octanol–water partition coefficient (Wildman–Crippen LogP) is 16.6. The van der Waals surface area contributed by atoms with Crippen molar-refractivity contribution in [1.29, 1.82) is 0 Å². The van der Waals surface area contributed by atoms with Gasteiger partial charge in [0.15, 0.2) is 10.1 Å². The number of fused-ring (bicyclic) bond motifs is 2. The Balaban J connectivity index is 1.41. The Morgan fingerprint density at radius 2 is 1.10 bits per heavy atom. The normalized spacial score (nSPS) is 12.6. The van der Waals surface area contributed by atoms with Crippen molar-refractivity contribution in [2.45, 2.75) is 92.9 Å². The number of carbonyl (C=O) groups is 2. The number of hydrogen-bond acceptors (Lipinski definition) is 12. The highest BCUT2D eigenvalue weighted by Gasteiger charge is 2.27. The molecule has 6 aromatic heterocycles. The van der Waals surface area contributed by atoms with E-state index in [2.05, 4.69) is 64.1 Å². The summed E-state index contributed by atoms with van der Waals surface area (Å²) in [5.41, 5.74) is 3.45. The number of hydrogen-bond donors (Lipinski definition) is 0. The third-order valence-electron chi connectivity index (χ3n) is 10.7. The summed E-state index contributed by atoms with van der Waals surface area (Å²) >= 11 is 9.93. The van der Waals surface area contributed by atoms with Gasteiger partial charge in [-0.3, -0.25) is 0 Å². The maximum Gasteiger partial charge on any atom is 0.339 e. The van der Waals surface area contributed by atoms with Gasteiger partial charge in [0.1, 0.15) is 0 Å². The van der Waals surface area contributed by atoms with Gasteiger partial charge in [-0.2, -0.15) is 0 Å². The quantitative estimate of drug-likeness (QED) is 0.0498. The van der Waals surface area contributed by atoms with Crippen molar-refractivity contribution in [3.63, 3.8) is 0 Å². The summed E-state index contributed by atoms with van der Waals surface area (Å²) in [5, 5.41) is 8.00. The molecule has 0 spiro atoms. The van der Waals surface area contributed by atoms with Gasteiger partial charge in [0, 0.05) is 50.8 Å². The second-order valence-corrected chi connectivity index (χ2v) is 21.1. The minimum Gasteiger partial charge on any atom is -0.484 e. The Kier molecular flexibility index (Phi) is 15.6. The fourth-order valence-electron chi connectivity index (χ4n) is 7.43. The molecule has 0 aliphatic carbocycles. The SMILES string of the molecule is CCCCCC(C)COc1ccc(-c2c3cc(-c4sccc4C(=O)OCC)sc3c(-c3ccc(OCC(CC)CCCC)s3)c3cc(-c4sccc4C(=O)OCC)sc23)s1. The molecule has 12 heteroatoms. The van der Waals surface area contributed by atoms with Crippen LogP contribution in [0.1, 0.15) is 114 Å². The second-order valence-electron chi connectivity index (χ2n) is 15.1. The van der Waals surface area contributed by atoms with Crippen LogP contribution in [-0.4, -0.2) is 38.4 Å². The van der Waals surface area contributed by atoms with Gasteiger partial charge < -0.3 is 18.9 Å². The number of esters is 2. The fraction of sp³-hybridized carbons (Fsp3) is 0.417. The lowest BCUT2D eigenvalue weighted by molar-refractivity contribution is 0.0518. The van der Waals surface area contributed by atoms with Crippen LogP contribution in [0, 0.1) is 11.8 Å². The van der Waals surface area contributed by atoms with Crippen molar-refractivity contribution in [2.75, 3.05) is 26.4 Å². The van der Waals surface area contributed by atoms with Crippen LogP contribution in [0.3, 0.4) is 0 Å². The lowest BCUT2D eigenvalue weighted by Crippen LogP contribution is -2.10. The van der Waals surface area contributed by atoms with Crippen LogP contribution in [-0.2, 0) is 9.47 Å². The largest absolute Gasteiger partial charge is 0.484 e. The van der Waals surface area contributed by atoms with Gasteiger partial charge in [-0.25, -0.2) is 9.59 Å². The molecule has 0 saturated carbocycles. The average molecular weight is 919 g/mol. The van der Waals surface area contributed by atoms with E-state index < -0.39 is 0 Å². The molecule has 0 N–H and O–H groups in total. The highest BCUT2D eigenvalue weighted by Crippen LogP contribution is 2.56. The molecule has 0 radical (unpaired) electrons. The number of carbonyl (C=O) groups excluding carboxylic acids is 2. The van der Waals surface area contributed by atoms with E-state index in [1.165, 1.54) is 38.5 Å². The molecule has 0 bridgehead atoms. The van der Waals surface area contributed by atoms with E-state index in [9.17, 15) is 9.59 Å². The summed E-state index contributed by atoms with van der Waals surface area (Å²) in [6.07, 6.45) is 9.50. The molecular formula is C48H54O6S6. The summed E-state index contributed by atoms with van der Waals surface area (Å²) in [4.78, 5) is 32.5. The van der Waals surface area contributed by atoms with Crippen LogP contribution in [0.4, 0.5) is 0 Å². The Bertz CT molecular complexity index is 2390. The third-order valence-corrected chi connectivity index (χ3v) is 17.2. The summed E-state index contributed by atoms with van der Waals surface area (Å²) in [5.74, 6) is 0.384. The molecule has 7 rings (SSSR count). The van der Waals surface area contributed by atoms with E-state index in [-0.39, 0.29) is 11.9 Å².